The second-order valence-electron chi connectivity index (χ2n) is 4.60. The molecule has 0 aliphatic heterocycles. The molecule has 96 valence electrons. The maximum Gasteiger partial charge on any atom is 0.0484 e. The third-order valence-electron chi connectivity index (χ3n) is 3.06. The van der Waals surface area contributed by atoms with E-state index >= 15 is 0 Å². The molecule has 2 heteroatoms. The molecule has 1 atom stereocenters. The Bertz CT molecular complexity index is 336. The lowest BCUT2D eigenvalue weighted by molar-refractivity contribution is 0.125. The summed E-state index contributed by atoms with van der Waals surface area (Å²) < 4.78 is 5.57. The van der Waals surface area contributed by atoms with Crippen molar-refractivity contribution in [2.75, 3.05) is 20.3 Å². The van der Waals surface area contributed by atoms with Crippen LogP contribution in [0.3, 0.4) is 0 Å². The van der Waals surface area contributed by atoms with Crippen LogP contribution in [0.15, 0.2) is 18.2 Å². The molecule has 0 spiro atoms. The predicted molar refractivity (Wildman–Crippen MR) is 73.4 cm³/mol. The topological polar surface area (TPSA) is 21.3 Å². The van der Waals surface area contributed by atoms with E-state index in [4.69, 9.17) is 4.74 Å². The van der Waals surface area contributed by atoms with Crippen molar-refractivity contribution in [3.63, 3.8) is 0 Å². The van der Waals surface area contributed by atoms with Crippen molar-refractivity contribution in [1.29, 1.82) is 0 Å². The molecule has 1 aromatic carbocycles. The highest BCUT2D eigenvalue weighted by Crippen LogP contribution is 2.21. The standard InChI is InChI=1S/C15H25NO/c1-5-9-17-10-8-15(16-4)14-11-12(2)6-7-13(14)3/h6-7,11,15-16H,5,8-10H2,1-4H3. The van der Waals surface area contributed by atoms with Gasteiger partial charge in [-0.15, -0.1) is 0 Å². The van der Waals surface area contributed by atoms with Crippen molar-refractivity contribution < 1.29 is 4.74 Å². The van der Waals surface area contributed by atoms with E-state index in [0.717, 1.165) is 26.1 Å². The minimum Gasteiger partial charge on any atom is -0.381 e. The maximum absolute atomic E-state index is 5.57. The van der Waals surface area contributed by atoms with Crippen molar-refractivity contribution >= 4 is 0 Å². The largest absolute Gasteiger partial charge is 0.381 e. The van der Waals surface area contributed by atoms with E-state index in [1.165, 1.54) is 16.7 Å². The number of ether oxygens (including phenoxy) is 1. The van der Waals surface area contributed by atoms with Gasteiger partial charge in [-0.3, -0.25) is 0 Å². The second kappa shape index (κ2) is 7.46. The molecule has 0 saturated carbocycles. The third-order valence-corrected chi connectivity index (χ3v) is 3.06. The average Bonchev–Trinajstić information content (AvgIpc) is 2.33. The monoisotopic (exact) mass is 235 g/mol. The van der Waals surface area contributed by atoms with Crippen LogP contribution in [0, 0.1) is 13.8 Å². The van der Waals surface area contributed by atoms with E-state index < -0.39 is 0 Å². The highest BCUT2D eigenvalue weighted by atomic mass is 16.5. The molecular formula is C15H25NO. The van der Waals surface area contributed by atoms with Crippen molar-refractivity contribution in [2.45, 2.75) is 39.7 Å². The van der Waals surface area contributed by atoms with E-state index in [2.05, 4.69) is 44.3 Å². The minimum atomic E-state index is 0.395. The summed E-state index contributed by atoms with van der Waals surface area (Å²) in [6.45, 7) is 8.14. The van der Waals surface area contributed by atoms with Crippen LogP contribution in [0.2, 0.25) is 0 Å². The Balaban J connectivity index is 2.62. The molecule has 0 aliphatic carbocycles. The first-order chi connectivity index (χ1) is 8.19. The van der Waals surface area contributed by atoms with Crippen LogP contribution in [0.1, 0.15) is 42.5 Å². The summed E-state index contributed by atoms with van der Waals surface area (Å²) >= 11 is 0. The van der Waals surface area contributed by atoms with Gasteiger partial charge in [0.05, 0.1) is 0 Å². The fourth-order valence-corrected chi connectivity index (χ4v) is 2.04. The summed E-state index contributed by atoms with van der Waals surface area (Å²) in [4.78, 5) is 0. The van der Waals surface area contributed by atoms with Crippen LogP contribution in [0.5, 0.6) is 0 Å². The SMILES string of the molecule is CCCOCCC(NC)c1cc(C)ccc1C. The Morgan fingerprint density at radius 3 is 2.65 bits per heavy atom. The molecule has 0 fully saturated rings. The number of hydrogen-bond acceptors (Lipinski definition) is 2. The molecule has 1 rings (SSSR count). The van der Waals surface area contributed by atoms with E-state index in [1.54, 1.807) is 0 Å². The number of hydrogen-bond donors (Lipinski definition) is 1. The van der Waals surface area contributed by atoms with Gasteiger partial charge in [-0.2, -0.15) is 0 Å². The first kappa shape index (κ1) is 14.2. The molecule has 17 heavy (non-hydrogen) atoms. The minimum absolute atomic E-state index is 0.395. The van der Waals surface area contributed by atoms with Crippen molar-refractivity contribution in [3.05, 3.63) is 34.9 Å². The number of aryl methyl sites for hydroxylation is 2. The van der Waals surface area contributed by atoms with E-state index in [1.807, 2.05) is 7.05 Å². The van der Waals surface area contributed by atoms with Gasteiger partial charge in [-0.1, -0.05) is 30.7 Å². The van der Waals surface area contributed by atoms with Crippen molar-refractivity contribution in [3.8, 4) is 0 Å². The van der Waals surface area contributed by atoms with E-state index in [-0.39, 0.29) is 0 Å². The molecular weight excluding hydrogens is 210 g/mol. The van der Waals surface area contributed by atoms with E-state index in [9.17, 15) is 0 Å². The molecule has 1 aromatic rings. The Kier molecular flexibility index (Phi) is 6.23. The Morgan fingerprint density at radius 1 is 1.24 bits per heavy atom. The number of nitrogens with one attached hydrogen (secondary N) is 1. The highest BCUT2D eigenvalue weighted by Gasteiger charge is 2.11. The lowest BCUT2D eigenvalue weighted by Gasteiger charge is -2.19. The van der Waals surface area contributed by atoms with Gasteiger partial charge in [-0.05, 0) is 44.9 Å². The molecule has 0 aliphatic rings. The molecule has 0 saturated heterocycles. The first-order valence-corrected chi connectivity index (χ1v) is 6.51. The molecule has 0 aromatic heterocycles. The summed E-state index contributed by atoms with van der Waals surface area (Å²) in [6, 6.07) is 7.03. The van der Waals surface area contributed by atoms with Gasteiger partial charge in [-0.25, -0.2) is 0 Å². The summed E-state index contributed by atoms with van der Waals surface area (Å²) in [6.07, 6.45) is 2.12. The fourth-order valence-electron chi connectivity index (χ4n) is 2.04. The molecule has 1 N–H and O–H groups in total. The molecule has 0 amide bonds. The smallest absolute Gasteiger partial charge is 0.0484 e. The summed E-state index contributed by atoms with van der Waals surface area (Å²) in [5, 5.41) is 3.38. The van der Waals surface area contributed by atoms with Crippen LogP contribution in [0.4, 0.5) is 0 Å². The van der Waals surface area contributed by atoms with E-state index in [0.29, 0.717) is 6.04 Å². The average molecular weight is 235 g/mol. The summed E-state index contributed by atoms with van der Waals surface area (Å²) in [5.74, 6) is 0. The van der Waals surface area contributed by atoms with Gasteiger partial charge in [0, 0.05) is 19.3 Å². The van der Waals surface area contributed by atoms with Gasteiger partial charge in [0.15, 0.2) is 0 Å². The normalized spacial score (nSPS) is 12.7. The molecule has 1 unspecified atom stereocenters. The zero-order valence-corrected chi connectivity index (χ0v) is 11.5. The molecule has 2 nitrogen and oxygen atoms in total. The highest BCUT2D eigenvalue weighted by molar-refractivity contribution is 5.32. The Labute approximate surface area is 105 Å². The fraction of sp³-hybridized carbons (Fsp3) is 0.600. The van der Waals surface area contributed by atoms with Crippen molar-refractivity contribution in [1.82, 2.24) is 5.32 Å². The number of rotatable bonds is 7. The van der Waals surface area contributed by atoms with Crippen molar-refractivity contribution in [2.24, 2.45) is 0 Å². The van der Waals surface area contributed by atoms with Gasteiger partial charge >= 0.3 is 0 Å². The summed E-state index contributed by atoms with van der Waals surface area (Å²) in [5.41, 5.74) is 4.07. The molecule has 0 heterocycles. The van der Waals surface area contributed by atoms with Crippen LogP contribution in [-0.4, -0.2) is 20.3 Å². The number of benzene rings is 1. The second-order valence-corrected chi connectivity index (χ2v) is 4.60. The predicted octanol–water partition coefficient (Wildman–Crippen LogP) is 3.38. The zero-order chi connectivity index (χ0) is 12.7. The molecule has 0 radical (unpaired) electrons. The Hall–Kier alpha value is -0.860. The van der Waals surface area contributed by atoms with Gasteiger partial charge in [0.2, 0.25) is 0 Å². The van der Waals surface area contributed by atoms with Crippen LogP contribution in [0.25, 0.3) is 0 Å². The summed E-state index contributed by atoms with van der Waals surface area (Å²) in [7, 11) is 2.02. The first-order valence-electron chi connectivity index (χ1n) is 6.51. The van der Waals surface area contributed by atoms with Crippen LogP contribution < -0.4 is 5.32 Å². The zero-order valence-electron chi connectivity index (χ0n) is 11.5. The van der Waals surface area contributed by atoms with Gasteiger partial charge < -0.3 is 10.1 Å². The van der Waals surface area contributed by atoms with Gasteiger partial charge in [0.25, 0.3) is 0 Å². The molecule has 0 bridgehead atoms. The quantitative estimate of drug-likeness (QED) is 0.732. The lowest BCUT2D eigenvalue weighted by atomic mass is 9.97. The van der Waals surface area contributed by atoms with Crippen LogP contribution >= 0.6 is 0 Å². The van der Waals surface area contributed by atoms with Crippen LogP contribution in [-0.2, 0) is 4.74 Å². The van der Waals surface area contributed by atoms with Gasteiger partial charge in [0.1, 0.15) is 0 Å². The lowest BCUT2D eigenvalue weighted by Crippen LogP contribution is -2.19. The maximum atomic E-state index is 5.57. The Morgan fingerprint density at radius 2 is 2.00 bits per heavy atom. The third kappa shape index (κ3) is 4.49.